The van der Waals surface area contributed by atoms with Gasteiger partial charge in [-0.1, -0.05) is 48.5 Å². The maximum Gasteiger partial charge on any atom is 0.260 e. The molecule has 4 nitrogen and oxygen atoms in total. The van der Waals surface area contributed by atoms with Gasteiger partial charge < -0.3 is 9.64 Å². The Kier molecular flexibility index (Phi) is 5.92. The molecule has 1 amide bonds. The van der Waals surface area contributed by atoms with E-state index >= 15 is 0 Å². The summed E-state index contributed by atoms with van der Waals surface area (Å²) in [6, 6.07) is 23.3. The number of pyridine rings is 1. The third-order valence-corrected chi connectivity index (χ3v) is 5.79. The molecular weight excluding hydrogens is 368 g/mol. The number of benzene rings is 2. The lowest BCUT2D eigenvalue weighted by Gasteiger charge is -2.23. The minimum atomic E-state index is -0.0782. The lowest BCUT2D eigenvalue weighted by molar-refractivity contribution is 0.0984. The second kappa shape index (κ2) is 8.93. The molecule has 1 unspecified atom stereocenters. The van der Waals surface area contributed by atoms with E-state index in [-0.39, 0.29) is 12.0 Å². The van der Waals surface area contributed by atoms with Gasteiger partial charge in [-0.05, 0) is 35.9 Å². The van der Waals surface area contributed by atoms with E-state index in [1.807, 2.05) is 72.4 Å². The molecule has 2 heterocycles. The summed E-state index contributed by atoms with van der Waals surface area (Å²) in [6.45, 7) is 0.501. The Morgan fingerprint density at radius 1 is 1.04 bits per heavy atom. The maximum atomic E-state index is 13.2. The normalized spacial score (nSPS) is 15.9. The van der Waals surface area contributed by atoms with Crippen molar-refractivity contribution < 1.29 is 9.53 Å². The van der Waals surface area contributed by atoms with Gasteiger partial charge in [0, 0.05) is 23.7 Å². The number of nitrogens with zero attached hydrogens (tertiary/aromatic N) is 2. The number of thioether (sulfide) groups is 1. The Labute approximate surface area is 169 Å². The Balaban J connectivity index is 1.54. The molecule has 1 aliphatic rings. The average Bonchev–Trinajstić information content (AvgIpc) is 3.26. The predicted molar refractivity (Wildman–Crippen MR) is 114 cm³/mol. The van der Waals surface area contributed by atoms with Crippen molar-refractivity contribution in [3.05, 3.63) is 90.1 Å². The van der Waals surface area contributed by atoms with Crippen LogP contribution in [0.5, 0.6) is 5.88 Å². The standard InChI is InChI=1S/C23H22N2O2S/c26-23(19-11-12-22(24-15-19)27-21-13-14-28-17-21)25(20-9-5-2-6-10-20)16-18-7-3-1-4-8-18/h1-12,15,21H,13-14,16-17H2. The first-order valence-electron chi connectivity index (χ1n) is 9.41. The Bertz CT molecular complexity index is 895. The summed E-state index contributed by atoms with van der Waals surface area (Å²) in [7, 11) is 0. The fourth-order valence-corrected chi connectivity index (χ4v) is 4.26. The molecule has 0 radical (unpaired) electrons. The molecule has 0 bridgehead atoms. The number of amides is 1. The van der Waals surface area contributed by atoms with Gasteiger partial charge in [-0.25, -0.2) is 4.98 Å². The monoisotopic (exact) mass is 390 g/mol. The molecule has 5 heteroatoms. The highest BCUT2D eigenvalue weighted by Crippen LogP contribution is 2.23. The van der Waals surface area contributed by atoms with Crippen molar-refractivity contribution in [3.63, 3.8) is 0 Å². The molecule has 28 heavy (non-hydrogen) atoms. The van der Waals surface area contributed by atoms with E-state index in [9.17, 15) is 4.79 Å². The zero-order chi connectivity index (χ0) is 19.2. The second-order valence-corrected chi connectivity index (χ2v) is 7.85. The van der Waals surface area contributed by atoms with Gasteiger partial charge in [0.25, 0.3) is 5.91 Å². The van der Waals surface area contributed by atoms with Gasteiger partial charge >= 0.3 is 0 Å². The molecular formula is C23H22N2O2S. The van der Waals surface area contributed by atoms with Gasteiger partial charge in [0.05, 0.1) is 12.1 Å². The molecule has 1 aliphatic heterocycles. The predicted octanol–water partition coefficient (Wildman–Crippen LogP) is 4.81. The molecule has 2 aromatic carbocycles. The Morgan fingerprint density at radius 2 is 1.79 bits per heavy atom. The number of carbonyl (C=O) groups excluding carboxylic acids is 1. The van der Waals surface area contributed by atoms with Crippen LogP contribution in [0, 0.1) is 0 Å². The molecule has 1 atom stereocenters. The van der Waals surface area contributed by atoms with Gasteiger partial charge in [-0.2, -0.15) is 11.8 Å². The number of ether oxygens (including phenoxy) is 1. The summed E-state index contributed by atoms with van der Waals surface area (Å²) in [6.07, 6.45) is 2.88. The van der Waals surface area contributed by atoms with Crippen molar-refractivity contribution in [2.45, 2.75) is 19.1 Å². The fourth-order valence-electron chi connectivity index (χ4n) is 3.16. The molecule has 0 N–H and O–H groups in total. The highest BCUT2D eigenvalue weighted by molar-refractivity contribution is 7.99. The van der Waals surface area contributed by atoms with Crippen LogP contribution in [0.15, 0.2) is 79.0 Å². The number of aromatic nitrogens is 1. The number of hydrogen-bond donors (Lipinski definition) is 0. The fraction of sp³-hybridized carbons (Fsp3) is 0.217. The van der Waals surface area contributed by atoms with Crippen LogP contribution >= 0.6 is 11.8 Å². The van der Waals surface area contributed by atoms with Crippen LogP contribution in [-0.4, -0.2) is 28.5 Å². The summed E-state index contributed by atoms with van der Waals surface area (Å²) in [5, 5.41) is 0. The lowest BCUT2D eigenvalue weighted by Crippen LogP contribution is -2.30. The number of hydrogen-bond acceptors (Lipinski definition) is 4. The van der Waals surface area contributed by atoms with E-state index in [4.69, 9.17) is 4.74 Å². The quantitative estimate of drug-likeness (QED) is 0.606. The van der Waals surface area contributed by atoms with Crippen LogP contribution in [-0.2, 0) is 6.54 Å². The highest BCUT2D eigenvalue weighted by atomic mass is 32.2. The van der Waals surface area contributed by atoms with E-state index in [0.29, 0.717) is 18.0 Å². The second-order valence-electron chi connectivity index (χ2n) is 6.70. The van der Waals surface area contributed by atoms with Crippen LogP contribution in [0.25, 0.3) is 0 Å². The van der Waals surface area contributed by atoms with Crippen LogP contribution in [0.4, 0.5) is 5.69 Å². The van der Waals surface area contributed by atoms with E-state index in [1.165, 1.54) is 0 Å². The van der Waals surface area contributed by atoms with E-state index in [1.54, 1.807) is 23.2 Å². The number of anilines is 1. The van der Waals surface area contributed by atoms with Crippen molar-refractivity contribution >= 4 is 23.4 Å². The molecule has 4 rings (SSSR count). The van der Waals surface area contributed by atoms with E-state index < -0.39 is 0 Å². The van der Waals surface area contributed by atoms with Crippen LogP contribution < -0.4 is 9.64 Å². The van der Waals surface area contributed by atoms with Crippen molar-refractivity contribution in [1.82, 2.24) is 4.98 Å². The first kappa shape index (κ1) is 18.6. The van der Waals surface area contributed by atoms with E-state index in [2.05, 4.69) is 4.98 Å². The van der Waals surface area contributed by atoms with Crippen LogP contribution in [0.1, 0.15) is 22.3 Å². The van der Waals surface area contributed by atoms with E-state index in [0.717, 1.165) is 29.2 Å². The minimum absolute atomic E-state index is 0.0782. The van der Waals surface area contributed by atoms with Gasteiger partial charge in [0.2, 0.25) is 5.88 Å². The third kappa shape index (κ3) is 4.54. The SMILES string of the molecule is O=C(c1ccc(OC2CCSC2)nc1)N(Cc1ccccc1)c1ccccc1. The van der Waals surface area contributed by atoms with Crippen LogP contribution in [0.3, 0.4) is 0 Å². The molecule has 1 aromatic heterocycles. The van der Waals surface area contributed by atoms with Crippen LogP contribution in [0.2, 0.25) is 0 Å². The molecule has 0 aliphatic carbocycles. The summed E-state index contributed by atoms with van der Waals surface area (Å²) >= 11 is 1.90. The van der Waals surface area contributed by atoms with Crippen molar-refractivity contribution in [2.24, 2.45) is 0 Å². The Hall–Kier alpha value is -2.79. The lowest BCUT2D eigenvalue weighted by atomic mass is 10.1. The number of rotatable bonds is 6. The minimum Gasteiger partial charge on any atom is -0.473 e. The maximum absolute atomic E-state index is 13.2. The molecule has 1 fully saturated rings. The summed E-state index contributed by atoms with van der Waals surface area (Å²) in [5.74, 6) is 2.64. The van der Waals surface area contributed by atoms with Gasteiger partial charge in [-0.15, -0.1) is 0 Å². The van der Waals surface area contributed by atoms with Gasteiger partial charge in [-0.3, -0.25) is 4.79 Å². The summed E-state index contributed by atoms with van der Waals surface area (Å²) < 4.78 is 5.89. The van der Waals surface area contributed by atoms with Crippen molar-refractivity contribution in [3.8, 4) is 5.88 Å². The zero-order valence-electron chi connectivity index (χ0n) is 15.5. The first-order valence-corrected chi connectivity index (χ1v) is 10.6. The molecule has 0 spiro atoms. The molecule has 3 aromatic rings. The van der Waals surface area contributed by atoms with Gasteiger partial charge in [0.1, 0.15) is 6.10 Å². The first-order chi connectivity index (χ1) is 13.8. The third-order valence-electron chi connectivity index (χ3n) is 4.66. The topological polar surface area (TPSA) is 42.4 Å². The molecule has 1 saturated heterocycles. The number of carbonyl (C=O) groups is 1. The number of para-hydroxylation sites is 1. The molecule has 0 saturated carbocycles. The Morgan fingerprint density at radius 3 is 2.43 bits per heavy atom. The van der Waals surface area contributed by atoms with Gasteiger partial charge in [0.15, 0.2) is 0 Å². The smallest absolute Gasteiger partial charge is 0.260 e. The summed E-state index contributed by atoms with van der Waals surface area (Å²) in [4.78, 5) is 19.4. The average molecular weight is 391 g/mol. The van der Waals surface area contributed by atoms with Crippen molar-refractivity contribution in [1.29, 1.82) is 0 Å². The zero-order valence-corrected chi connectivity index (χ0v) is 16.3. The largest absolute Gasteiger partial charge is 0.473 e. The van der Waals surface area contributed by atoms with Crippen molar-refractivity contribution in [2.75, 3.05) is 16.4 Å². The molecule has 142 valence electrons. The highest BCUT2D eigenvalue weighted by Gasteiger charge is 2.20. The summed E-state index contributed by atoms with van der Waals surface area (Å²) in [5.41, 5.74) is 2.49.